The fourth-order valence-corrected chi connectivity index (χ4v) is 4.28. The first-order chi connectivity index (χ1) is 8.39. The van der Waals surface area contributed by atoms with E-state index in [1.54, 1.807) is 24.3 Å². The van der Waals surface area contributed by atoms with E-state index in [0.29, 0.717) is 23.9 Å². The molecule has 0 aliphatic carbocycles. The highest BCUT2D eigenvalue weighted by Crippen LogP contribution is 2.23. The van der Waals surface area contributed by atoms with Gasteiger partial charge in [0.2, 0.25) is 10.0 Å². The Morgan fingerprint density at radius 2 is 1.89 bits per heavy atom. The maximum Gasteiger partial charge on any atom is 0.243 e. The molecule has 6 heteroatoms. The molecule has 1 aliphatic heterocycles. The molecular weight excluding hydrogens is 363 g/mol. The van der Waals surface area contributed by atoms with Gasteiger partial charge >= 0.3 is 0 Å². The van der Waals surface area contributed by atoms with Gasteiger partial charge in [0, 0.05) is 22.7 Å². The van der Waals surface area contributed by atoms with E-state index >= 15 is 0 Å². The van der Waals surface area contributed by atoms with Crippen LogP contribution >= 0.6 is 22.6 Å². The second kappa shape index (κ2) is 5.44. The summed E-state index contributed by atoms with van der Waals surface area (Å²) >= 11 is 2.16. The molecule has 2 unspecified atom stereocenters. The predicted octanol–water partition coefficient (Wildman–Crippen LogP) is 1.65. The van der Waals surface area contributed by atoms with Gasteiger partial charge in [0.15, 0.2) is 0 Å². The zero-order valence-electron chi connectivity index (χ0n) is 10.2. The topological polar surface area (TPSA) is 63.4 Å². The zero-order chi connectivity index (χ0) is 13.3. The van der Waals surface area contributed by atoms with Crippen LogP contribution in [0.15, 0.2) is 29.2 Å². The third-order valence-corrected chi connectivity index (χ3v) is 5.68. The summed E-state index contributed by atoms with van der Waals surface area (Å²) in [6, 6.07) is 6.86. The number of nitrogens with two attached hydrogens (primary N) is 1. The van der Waals surface area contributed by atoms with Gasteiger partial charge in [-0.15, -0.1) is 0 Å². The van der Waals surface area contributed by atoms with E-state index in [1.807, 2.05) is 6.92 Å². The van der Waals surface area contributed by atoms with Gasteiger partial charge < -0.3 is 5.73 Å². The molecule has 0 amide bonds. The first-order valence-corrected chi connectivity index (χ1v) is 8.43. The van der Waals surface area contributed by atoms with E-state index < -0.39 is 10.0 Å². The highest BCUT2D eigenvalue weighted by atomic mass is 127. The van der Waals surface area contributed by atoms with Gasteiger partial charge in [-0.05, 0) is 59.2 Å². The minimum atomic E-state index is -3.39. The summed E-state index contributed by atoms with van der Waals surface area (Å²) in [5.74, 6) is 0.312. The Hall–Kier alpha value is -0.180. The van der Waals surface area contributed by atoms with Gasteiger partial charge in [0.05, 0.1) is 4.90 Å². The summed E-state index contributed by atoms with van der Waals surface area (Å²) in [5.41, 5.74) is 5.91. The van der Waals surface area contributed by atoms with Gasteiger partial charge in [-0.2, -0.15) is 4.31 Å². The van der Waals surface area contributed by atoms with Gasteiger partial charge in [0.25, 0.3) is 0 Å². The third kappa shape index (κ3) is 3.04. The van der Waals surface area contributed by atoms with Crippen molar-refractivity contribution in [2.24, 2.45) is 11.7 Å². The number of sulfonamides is 1. The monoisotopic (exact) mass is 380 g/mol. The fraction of sp³-hybridized carbons (Fsp3) is 0.500. The maximum absolute atomic E-state index is 12.5. The number of nitrogens with zero attached hydrogens (tertiary/aromatic N) is 1. The number of piperidine rings is 1. The summed E-state index contributed by atoms with van der Waals surface area (Å²) < 4.78 is 27.4. The number of hydrogen-bond acceptors (Lipinski definition) is 3. The maximum atomic E-state index is 12.5. The van der Waals surface area contributed by atoms with Crippen molar-refractivity contribution in [2.75, 3.05) is 13.1 Å². The highest BCUT2D eigenvalue weighted by molar-refractivity contribution is 14.1. The van der Waals surface area contributed by atoms with E-state index in [0.717, 1.165) is 9.99 Å². The Labute approximate surface area is 122 Å². The molecule has 1 fully saturated rings. The molecule has 0 spiro atoms. The molecule has 18 heavy (non-hydrogen) atoms. The number of benzene rings is 1. The van der Waals surface area contributed by atoms with Gasteiger partial charge in [-0.1, -0.05) is 6.92 Å². The Balaban J connectivity index is 2.28. The smallest absolute Gasteiger partial charge is 0.243 e. The first kappa shape index (κ1) is 14.2. The zero-order valence-corrected chi connectivity index (χ0v) is 13.2. The van der Waals surface area contributed by atoms with Gasteiger partial charge in [-0.25, -0.2) is 8.42 Å². The third-order valence-electron chi connectivity index (χ3n) is 3.11. The lowest BCUT2D eigenvalue weighted by Crippen LogP contribution is -2.48. The van der Waals surface area contributed by atoms with Crippen molar-refractivity contribution in [1.29, 1.82) is 0 Å². The number of halogens is 1. The molecule has 1 saturated heterocycles. The van der Waals surface area contributed by atoms with E-state index in [1.165, 1.54) is 4.31 Å². The molecule has 2 N–H and O–H groups in total. The van der Waals surface area contributed by atoms with Crippen LogP contribution in [0.1, 0.15) is 13.3 Å². The van der Waals surface area contributed by atoms with Crippen LogP contribution in [-0.4, -0.2) is 31.9 Å². The van der Waals surface area contributed by atoms with Gasteiger partial charge in [0.1, 0.15) is 0 Å². The van der Waals surface area contributed by atoms with Crippen LogP contribution in [-0.2, 0) is 10.0 Å². The molecule has 0 bridgehead atoms. The molecule has 1 heterocycles. The van der Waals surface area contributed by atoms with Crippen molar-refractivity contribution < 1.29 is 8.42 Å². The van der Waals surface area contributed by atoms with Crippen molar-refractivity contribution >= 4 is 32.6 Å². The molecule has 2 atom stereocenters. The highest BCUT2D eigenvalue weighted by Gasteiger charge is 2.31. The molecule has 1 aromatic carbocycles. The lowest BCUT2D eigenvalue weighted by molar-refractivity contribution is 0.254. The van der Waals surface area contributed by atoms with Crippen molar-refractivity contribution in [3.8, 4) is 0 Å². The molecular formula is C12H17IN2O2S. The molecule has 1 aromatic rings. The summed E-state index contributed by atoms with van der Waals surface area (Å²) in [4.78, 5) is 0.351. The molecule has 0 aromatic heterocycles. The summed E-state index contributed by atoms with van der Waals surface area (Å²) in [5, 5.41) is 0. The van der Waals surface area contributed by atoms with Crippen molar-refractivity contribution in [1.82, 2.24) is 4.31 Å². The number of rotatable bonds is 2. The Bertz CT molecular complexity index is 505. The second-order valence-corrected chi connectivity index (χ2v) is 8.06. The molecule has 1 aliphatic rings. The van der Waals surface area contributed by atoms with Crippen LogP contribution in [0.2, 0.25) is 0 Å². The standard InChI is InChI=1S/C12H17IN2O2S/c1-9-6-11(14)8-15(7-9)18(16,17)12-4-2-10(13)3-5-12/h2-5,9,11H,6-8,14H2,1H3. The van der Waals surface area contributed by atoms with E-state index in [-0.39, 0.29) is 6.04 Å². The molecule has 100 valence electrons. The van der Waals surface area contributed by atoms with E-state index in [9.17, 15) is 8.42 Å². The molecule has 0 radical (unpaired) electrons. The second-order valence-electron chi connectivity index (χ2n) is 4.88. The SMILES string of the molecule is CC1CC(N)CN(S(=O)(=O)c2ccc(I)cc2)C1. The van der Waals surface area contributed by atoms with Crippen LogP contribution in [0.4, 0.5) is 0 Å². The van der Waals surface area contributed by atoms with E-state index in [4.69, 9.17) is 5.73 Å². The van der Waals surface area contributed by atoms with Crippen LogP contribution in [0, 0.1) is 9.49 Å². The molecule has 4 nitrogen and oxygen atoms in total. The van der Waals surface area contributed by atoms with Crippen molar-refractivity contribution in [2.45, 2.75) is 24.3 Å². The quantitative estimate of drug-likeness (QED) is 0.794. The summed E-state index contributed by atoms with van der Waals surface area (Å²) in [6.07, 6.45) is 0.888. The van der Waals surface area contributed by atoms with Crippen molar-refractivity contribution in [3.05, 3.63) is 27.8 Å². The minimum absolute atomic E-state index is 0.0626. The van der Waals surface area contributed by atoms with Crippen molar-refractivity contribution in [3.63, 3.8) is 0 Å². The van der Waals surface area contributed by atoms with Crippen LogP contribution in [0.3, 0.4) is 0 Å². The number of hydrogen-bond donors (Lipinski definition) is 1. The minimum Gasteiger partial charge on any atom is -0.326 e. The lowest BCUT2D eigenvalue weighted by Gasteiger charge is -2.33. The Morgan fingerprint density at radius 1 is 1.28 bits per heavy atom. The first-order valence-electron chi connectivity index (χ1n) is 5.91. The lowest BCUT2D eigenvalue weighted by atomic mass is 9.99. The summed E-state index contributed by atoms with van der Waals surface area (Å²) in [7, 11) is -3.39. The Kier molecular flexibility index (Phi) is 4.30. The normalized spacial score (nSPS) is 26.2. The molecule has 0 saturated carbocycles. The summed E-state index contributed by atoms with van der Waals surface area (Å²) in [6.45, 7) is 3.01. The fourth-order valence-electron chi connectivity index (χ4n) is 2.30. The van der Waals surface area contributed by atoms with Crippen LogP contribution < -0.4 is 5.73 Å². The average Bonchev–Trinajstić information content (AvgIpc) is 2.28. The van der Waals surface area contributed by atoms with Crippen LogP contribution in [0.25, 0.3) is 0 Å². The largest absolute Gasteiger partial charge is 0.326 e. The average molecular weight is 380 g/mol. The molecule has 2 rings (SSSR count). The van der Waals surface area contributed by atoms with E-state index in [2.05, 4.69) is 22.6 Å². The van der Waals surface area contributed by atoms with Gasteiger partial charge in [-0.3, -0.25) is 0 Å². The Morgan fingerprint density at radius 3 is 2.44 bits per heavy atom. The van der Waals surface area contributed by atoms with Crippen LogP contribution in [0.5, 0.6) is 0 Å². The predicted molar refractivity (Wildman–Crippen MR) is 79.7 cm³/mol.